The summed E-state index contributed by atoms with van der Waals surface area (Å²) in [5.41, 5.74) is 4.40. The molecule has 0 saturated heterocycles. The predicted octanol–water partition coefficient (Wildman–Crippen LogP) is -0.0118. The number of amides is 2. The van der Waals surface area contributed by atoms with Gasteiger partial charge >= 0.3 is 0 Å². The van der Waals surface area contributed by atoms with Crippen molar-refractivity contribution < 1.29 is 23.5 Å². The molecule has 1 aromatic rings. The number of primary amides is 1. The van der Waals surface area contributed by atoms with Crippen molar-refractivity contribution in [2.45, 2.75) is 19.1 Å². The molecular weight excluding hydrogens is 246 g/mol. The van der Waals surface area contributed by atoms with E-state index in [1.807, 2.05) is 0 Å². The summed E-state index contributed by atoms with van der Waals surface area (Å²) in [6.45, 7) is 1.30. The van der Waals surface area contributed by atoms with Crippen LogP contribution in [0.1, 0.15) is 18.6 Å². The zero-order chi connectivity index (χ0) is 13.9. The molecule has 1 unspecified atom stereocenters. The fourth-order valence-corrected chi connectivity index (χ4v) is 1.23. The smallest absolute Gasteiger partial charge is 0.254 e. The van der Waals surface area contributed by atoms with Gasteiger partial charge in [-0.05, 0) is 25.1 Å². The molecule has 0 aromatic heterocycles. The van der Waals surface area contributed by atoms with E-state index >= 15 is 0 Å². The minimum absolute atomic E-state index is 0.510. The second-order valence-corrected chi connectivity index (χ2v) is 3.70. The van der Waals surface area contributed by atoms with Gasteiger partial charge in [0, 0.05) is 5.56 Å². The first-order chi connectivity index (χ1) is 8.32. The van der Waals surface area contributed by atoms with Crippen LogP contribution in [0.25, 0.3) is 0 Å². The second kappa shape index (κ2) is 5.54. The highest BCUT2D eigenvalue weighted by molar-refractivity contribution is 5.88. The molecule has 18 heavy (non-hydrogen) atoms. The molecule has 2 atom stereocenters. The van der Waals surface area contributed by atoms with Gasteiger partial charge < -0.3 is 16.2 Å². The molecule has 7 heteroatoms. The van der Waals surface area contributed by atoms with Crippen molar-refractivity contribution in [1.82, 2.24) is 5.32 Å². The Morgan fingerprint density at radius 2 is 2.00 bits per heavy atom. The Kier molecular flexibility index (Phi) is 4.33. The summed E-state index contributed by atoms with van der Waals surface area (Å²) in [4.78, 5) is 22.2. The third kappa shape index (κ3) is 3.24. The van der Waals surface area contributed by atoms with E-state index < -0.39 is 41.2 Å². The highest BCUT2D eigenvalue weighted by atomic mass is 19.1. The van der Waals surface area contributed by atoms with E-state index in [4.69, 9.17) is 5.73 Å². The van der Waals surface area contributed by atoms with Crippen molar-refractivity contribution in [3.8, 4) is 0 Å². The van der Waals surface area contributed by atoms with Gasteiger partial charge in [-0.25, -0.2) is 8.78 Å². The SMILES string of the molecule is C[C@H](NC(=O)C(O)c1cc(F)ccc1F)C(N)=O. The third-order valence-corrected chi connectivity index (χ3v) is 2.29. The topological polar surface area (TPSA) is 92.4 Å². The largest absolute Gasteiger partial charge is 0.378 e. The van der Waals surface area contributed by atoms with Gasteiger partial charge in [0.25, 0.3) is 5.91 Å². The number of rotatable bonds is 4. The van der Waals surface area contributed by atoms with Crippen molar-refractivity contribution in [1.29, 1.82) is 0 Å². The Morgan fingerprint density at radius 3 is 2.56 bits per heavy atom. The van der Waals surface area contributed by atoms with E-state index in [9.17, 15) is 23.5 Å². The molecule has 2 amide bonds. The van der Waals surface area contributed by atoms with E-state index in [0.717, 1.165) is 12.1 Å². The van der Waals surface area contributed by atoms with Gasteiger partial charge in [-0.15, -0.1) is 0 Å². The standard InChI is InChI=1S/C11H12F2N2O3/c1-5(10(14)17)15-11(18)9(16)7-4-6(12)2-3-8(7)13/h2-5,9,16H,1H3,(H2,14,17)(H,15,18)/t5-,9?/m0/s1. The van der Waals surface area contributed by atoms with E-state index in [0.29, 0.717) is 6.07 Å². The number of nitrogens with two attached hydrogens (primary N) is 1. The average molecular weight is 258 g/mol. The van der Waals surface area contributed by atoms with Crippen LogP contribution in [-0.4, -0.2) is 23.0 Å². The van der Waals surface area contributed by atoms with Gasteiger partial charge in [0.15, 0.2) is 6.10 Å². The number of nitrogens with one attached hydrogen (secondary N) is 1. The lowest BCUT2D eigenvalue weighted by Gasteiger charge is -2.15. The van der Waals surface area contributed by atoms with Gasteiger partial charge in [-0.1, -0.05) is 0 Å². The zero-order valence-corrected chi connectivity index (χ0v) is 9.48. The minimum atomic E-state index is -1.91. The molecule has 1 aromatic carbocycles. The summed E-state index contributed by atoms with van der Waals surface area (Å²) in [5.74, 6) is -3.56. The summed E-state index contributed by atoms with van der Waals surface area (Å²) in [6.07, 6.45) is -1.91. The lowest BCUT2D eigenvalue weighted by molar-refractivity contribution is -0.133. The van der Waals surface area contributed by atoms with E-state index in [1.54, 1.807) is 0 Å². The molecule has 0 radical (unpaired) electrons. The molecular formula is C11H12F2N2O3. The molecule has 1 rings (SSSR count). The van der Waals surface area contributed by atoms with Crippen LogP contribution in [0.3, 0.4) is 0 Å². The molecule has 0 aliphatic carbocycles. The Labute approximate surface area is 102 Å². The Morgan fingerprint density at radius 1 is 1.39 bits per heavy atom. The molecule has 0 aliphatic heterocycles. The Balaban J connectivity index is 2.86. The number of hydrogen-bond donors (Lipinski definition) is 3. The number of carbonyl (C=O) groups is 2. The van der Waals surface area contributed by atoms with Crippen LogP contribution in [0.5, 0.6) is 0 Å². The summed E-state index contributed by atoms with van der Waals surface area (Å²) >= 11 is 0. The van der Waals surface area contributed by atoms with Gasteiger partial charge in [0.05, 0.1) is 0 Å². The van der Waals surface area contributed by atoms with Gasteiger partial charge in [0.2, 0.25) is 5.91 Å². The van der Waals surface area contributed by atoms with Crippen molar-refractivity contribution in [2.75, 3.05) is 0 Å². The lowest BCUT2D eigenvalue weighted by Crippen LogP contribution is -2.44. The second-order valence-electron chi connectivity index (χ2n) is 3.70. The molecule has 0 heterocycles. The number of halogens is 2. The number of aliphatic hydroxyl groups is 1. The molecule has 5 nitrogen and oxygen atoms in total. The van der Waals surface area contributed by atoms with Crippen LogP contribution in [0.4, 0.5) is 8.78 Å². The lowest BCUT2D eigenvalue weighted by atomic mass is 10.1. The quantitative estimate of drug-likeness (QED) is 0.709. The van der Waals surface area contributed by atoms with Gasteiger partial charge in [0.1, 0.15) is 17.7 Å². The van der Waals surface area contributed by atoms with Crippen LogP contribution in [0.15, 0.2) is 18.2 Å². The first kappa shape index (κ1) is 14.0. The molecule has 0 bridgehead atoms. The Bertz CT molecular complexity index is 479. The van der Waals surface area contributed by atoms with Gasteiger partial charge in [-0.3, -0.25) is 9.59 Å². The third-order valence-electron chi connectivity index (χ3n) is 2.29. The maximum absolute atomic E-state index is 13.3. The van der Waals surface area contributed by atoms with Crippen molar-refractivity contribution in [2.24, 2.45) is 5.73 Å². The van der Waals surface area contributed by atoms with E-state index in [-0.39, 0.29) is 0 Å². The number of benzene rings is 1. The Hall–Kier alpha value is -2.02. The van der Waals surface area contributed by atoms with E-state index in [1.165, 1.54) is 6.92 Å². The molecule has 0 saturated carbocycles. The van der Waals surface area contributed by atoms with Crippen molar-refractivity contribution in [3.63, 3.8) is 0 Å². The van der Waals surface area contributed by atoms with Crippen LogP contribution >= 0.6 is 0 Å². The fraction of sp³-hybridized carbons (Fsp3) is 0.273. The molecule has 0 fully saturated rings. The number of aliphatic hydroxyl groups excluding tert-OH is 1. The average Bonchev–Trinajstić information content (AvgIpc) is 2.31. The summed E-state index contributed by atoms with van der Waals surface area (Å²) in [7, 11) is 0. The minimum Gasteiger partial charge on any atom is -0.378 e. The molecule has 98 valence electrons. The summed E-state index contributed by atoms with van der Waals surface area (Å²) in [6, 6.07) is 1.33. The van der Waals surface area contributed by atoms with Crippen LogP contribution < -0.4 is 11.1 Å². The fourth-order valence-electron chi connectivity index (χ4n) is 1.23. The molecule has 4 N–H and O–H groups in total. The summed E-state index contributed by atoms with van der Waals surface area (Å²) < 4.78 is 26.2. The predicted molar refractivity (Wildman–Crippen MR) is 58.1 cm³/mol. The number of carbonyl (C=O) groups excluding carboxylic acids is 2. The monoisotopic (exact) mass is 258 g/mol. The van der Waals surface area contributed by atoms with Crippen molar-refractivity contribution >= 4 is 11.8 Å². The molecule has 0 spiro atoms. The maximum atomic E-state index is 13.3. The van der Waals surface area contributed by atoms with E-state index in [2.05, 4.69) is 5.32 Å². The molecule has 0 aliphatic rings. The van der Waals surface area contributed by atoms with Crippen molar-refractivity contribution in [3.05, 3.63) is 35.4 Å². The highest BCUT2D eigenvalue weighted by Crippen LogP contribution is 2.18. The maximum Gasteiger partial charge on any atom is 0.254 e. The first-order valence-electron chi connectivity index (χ1n) is 5.05. The number of hydrogen-bond acceptors (Lipinski definition) is 3. The van der Waals surface area contributed by atoms with Crippen LogP contribution in [0.2, 0.25) is 0 Å². The first-order valence-corrected chi connectivity index (χ1v) is 5.05. The highest BCUT2D eigenvalue weighted by Gasteiger charge is 2.24. The zero-order valence-electron chi connectivity index (χ0n) is 9.48. The summed E-state index contributed by atoms with van der Waals surface area (Å²) in [5, 5.41) is 11.6. The normalized spacial score (nSPS) is 13.8. The van der Waals surface area contributed by atoms with Crippen LogP contribution in [0, 0.1) is 11.6 Å². The van der Waals surface area contributed by atoms with Gasteiger partial charge in [-0.2, -0.15) is 0 Å². The van der Waals surface area contributed by atoms with Crippen LogP contribution in [-0.2, 0) is 9.59 Å².